The molecule has 0 radical (unpaired) electrons. The van der Waals surface area contributed by atoms with Gasteiger partial charge in [-0.3, -0.25) is 9.78 Å². The second-order valence-corrected chi connectivity index (χ2v) is 5.27. The van der Waals surface area contributed by atoms with Crippen LogP contribution >= 0.6 is 0 Å². The normalized spacial score (nSPS) is 17.5. The van der Waals surface area contributed by atoms with E-state index in [9.17, 15) is 4.79 Å². The van der Waals surface area contributed by atoms with Gasteiger partial charge in [0.05, 0.1) is 25.1 Å². The summed E-state index contributed by atoms with van der Waals surface area (Å²) in [4.78, 5) is 24.2. The number of anilines is 1. The molecule has 116 valence electrons. The van der Waals surface area contributed by atoms with Crippen molar-refractivity contribution >= 4 is 11.7 Å². The molecular weight excluding hydrogens is 286 g/mol. The number of hydrogen-bond acceptors (Lipinski definition) is 7. The van der Waals surface area contributed by atoms with Crippen molar-refractivity contribution in [3.8, 4) is 5.88 Å². The van der Waals surface area contributed by atoms with Crippen LogP contribution in [0.2, 0.25) is 0 Å². The highest BCUT2D eigenvalue weighted by Gasteiger charge is 2.30. The van der Waals surface area contributed by atoms with Gasteiger partial charge >= 0.3 is 0 Å². The lowest BCUT2D eigenvalue weighted by molar-refractivity contribution is 0.0730. The molecule has 3 rings (SSSR count). The molecule has 1 fully saturated rings. The maximum Gasteiger partial charge on any atom is 0.292 e. The monoisotopic (exact) mass is 303 g/mol. The number of amides is 1. The molecule has 0 N–H and O–H groups in total. The Kier molecular flexibility index (Phi) is 3.90. The Balaban J connectivity index is 1.61. The first-order chi connectivity index (χ1) is 10.6. The lowest BCUT2D eigenvalue weighted by atomic mass is 10.3. The Morgan fingerprint density at radius 2 is 2.32 bits per heavy atom. The van der Waals surface area contributed by atoms with E-state index in [0.717, 1.165) is 12.2 Å². The lowest BCUT2D eigenvalue weighted by Gasteiger charge is -2.16. The first-order valence-electron chi connectivity index (χ1n) is 6.99. The minimum Gasteiger partial charge on any atom is -0.471 e. The average Bonchev–Trinajstić information content (AvgIpc) is 3.18. The fraction of sp³-hybridized carbons (Fsp3) is 0.429. The summed E-state index contributed by atoms with van der Waals surface area (Å²) >= 11 is 0. The van der Waals surface area contributed by atoms with Crippen LogP contribution in [0.5, 0.6) is 5.88 Å². The molecule has 0 aliphatic carbocycles. The van der Waals surface area contributed by atoms with Gasteiger partial charge in [0.25, 0.3) is 5.91 Å². The molecule has 0 aromatic carbocycles. The molecule has 2 aromatic heterocycles. The van der Waals surface area contributed by atoms with Gasteiger partial charge in [0.15, 0.2) is 5.82 Å². The first-order valence-corrected chi connectivity index (χ1v) is 6.99. The molecule has 0 bridgehead atoms. The fourth-order valence-electron chi connectivity index (χ4n) is 2.27. The minimum atomic E-state index is -0.170. The van der Waals surface area contributed by atoms with Gasteiger partial charge in [-0.25, -0.2) is 0 Å². The molecule has 3 heterocycles. The fourth-order valence-corrected chi connectivity index (χ4v) is 2.27. The van der Waals surface area contributed by atoms with Gasteiger partial charge in [0.2, 0.25) is 11.6 Å². The van der Waals surface area contributed by atoms with Gasteiger partial charge in [0.1, 0.15) is 6.10 Å². The number of hydrogen-bond donors (Lipinski definition) is 0. The van der Waals surface area contributed by atoms with Crippen molar-refractivity contribution in [1.29, 1.82) is 0 Å². The van der Waals surface area contributed by atoms with E-state index in [4.69, 9.17) is 9.26 Å². The minimum absolute atomic E-state index is 0.0985. The van der Waals surface area contributed by atoms with Crippen molar-refractivity contribution in [3.05, 3.63) is 30.4 Å². The third-order valence-corrected chi connectivity index (χ3v) is 3.43. The van der Waals surface area contributed by atoms with Crippen molar-refractivity contribution in [2.45, 2.75) is 12.5 Å². The van der Waals surface area contributed by atoms with Crippen molar-refractivity contribution in [3.63, 3.8) is 0 Å². The summed E-state index contributed by atoms with van der Waals surface area (Å²) in [5.74, 6) is 1.27. The molecule has 1 aliphatic rings. The summed E-state index contributed by atoms with van der Waals surface area (Å²) in [5, 5.41) is 3.55. The van der Waals surface area contributed by atoms with E-state index >= 15 is 0 Å². The zero-order valence-electron chi connectivity index (χ0n) is 12.5. The van der Waals surface area contributed by atoms with E-state index in [1.165, 1.54) is 6.20 Å². The summed E-state index contributed by atoms with van der Waals surface area (Å²) in [6.07, 6.45) is 5.35. The number of nitrogens with zero attached hydrogens (tertiary/aromatic N) is 5. The van der Waals surface area contributed by atoms with Gasteiger partial charge in [-0.05, 0) is 0 Å². The maximum absolute atomic E-state index is 12.2. The van der Waals surface area contributed by atoms with Crippen LogP contribution in [0.1, 0.15) is 17.0 Å². The Morgan fingerprint density at radius 1 is 1.45 bits per heavy atom. The number of aromatic nitrogens is 3. The number of likely N-dealkylation sites (tertiary alicyclic amines) is 1. The predicted molar refractivity (Wildman–Crippen MR) is 77.8 cm³/mol. The highest BCUT2D eigenvalue weighted by atomic mass is 16.5. The predicted octanol–water partition coefficient (Wildman–Crippen LogP) is 0.824. The average molecular weight is 303 g/mol. The summed E-state index contributed by atoms with van der Waals surface area (Å²) in [6.45, 7) is 1.11. The van der Waals surface area contributed by atoms with Crippen molar-refractivity contribution in [1.82, 2.24) is 20.0 Å². The number of carbonyl (C=O) groups is 1. The SMILES string of the molecule is CN(C)c1cncc(OC2CCN(C(=O)c3ccno3)C2)n1. The van der Waals surface area contributed by atoms with Crippen LogP contribution in [0.3, 0.4) is 0 Å². The first kappa shape index (κ1) is 14.3. The highest BCUT2D eigenvalue weighted by Crippen LogP contribution is 2.19. The number of rotatable bonds is 4. The second kappa shape index (κ2) is 6.00. The molecule has 1 amide bonds. The van der Waals surface area contributed by atoms with Gasteiger partial charge in [-0.15, -0.1) is 0 Å². The van der Waals surface area contributed by atoms with Gasteiger partial charge in [0, 0.05) is 33.1 Å². The molecule has 8 nitrogen and oxygen atoms in total. The number of ether oxygens (including phenoxy) is 1. The molecule has 1 atom stereocenters. The Labute approximate surface area is 127 Å². The van der Waals surface area contributed by atoms with Crippen LogP contribution in [0.25, 0.3) is 0 Å². The zero-order valence-corrected chi connectivity index (χ0v) is 12.5. The molecule has 8 heteroatoms. The van der Waals surface area contributed by atoms with Crippen molar-refractivity contribution < 1.29 is 14.1 Å². The van der Waals surface area contributed by atoms with E-state index in [1.54, 1.807) is 23.4 Å². The molecule has 1 unspecified atom stereocenters. The summed E-state index contributed by atoms with van der Waals surface area (Å²) in [6, 6.07) is 1.56. The Morgan fingerprint density at radius 3 is 3.05 bits per heavy atom. The van der Waals surface area contributed by atoms with Gasteiger partial charge in [-0.1, -0.05) is 5.16 Å². The van der Waals surface area contributed by atoms with Gasteiger partial charge in [-0.2, -0.15) is 4.98 Å². The van der Waals surface area contributed by atoms with Crippen molar-refractivity contribution in [2.75, 3.05) is 32.1 Å². The topological polar surface area (TPSA) is 84.6 Å². The van der Waals surface area contributed by atoms with Crippen molar-refractivity contribution in [2.24, 2.45) is 0 Å². The Hall–Kier alpha value is -2.64. The molecule has 0 spiro atoms. The smallest absolute Gasteiger partial charge is 0.292 e. The van der Waals surface area contributed by atoms with E-state index in [2.05, 4.69) is 15.1 Å². The molecular formula is C14H17N5O3. The van der Waals surface area contributed by atoms with Crippen LogP contribution in [-0.4, -0.2) is 59.2 Å². The summed E-state index contributed by atoms with van der Waals surface area (Å²) in [5.41, 5.74) is 0. The molecule has 1 aliphatic heterocycles. The Bertz CT molecular complexity index is 644. The van der Waals surface area contributed by atoms with Crippen LogP contribution in [0.4, 0.5) is 5.82 Å². The maximum atomic E-state index is 12.2. The summed E-state index contributed by atoms with van der Waals surface area (Å²) < 4.78 is 10.7. The van der Waals surface area contributed by atoms with E-state index < -0.39 is 0 Å². The van der Waals surface area contributed by atoms with E-state index in [0.29, 0.717) is 19.0 Å². The third-order valence-electron chi connectivity index (χ3n) is 3.43. The second-order valence-electron chi connectivity index (χ2n) is 5.27. The zero-order chi connectivity index (χ0) is 15.5. The number of carbonyl (C=O) groups excluding carboxylic acids is 1. The third kappa shape index (κ3) is 3.00. The van der Waals surface area contributed by atoms with Gasteiger partial charge < -0.3 is 19.1 Å². The quantitative estimate of drug-likeness (QED) is 0.826. The molecule has 1 saturated heterocycles. The van der Waals surface area contributed by atoms with E-state index in [-0.39, 0.29) is 17.8 Å². The standard InChI is InChI=1S/C14H17N5O3/c1-18(2)12-7-15-8-13(17-12)21-10-4-6-19(9-10)14(20)11-3-5-16-22-11/h3,5,7-8,10H,4,6,9H2,1-2H3. The largest absolute Gasteiger partial charge is 0.471 e. The van der Waals surface area contributed by atoms with Crippen LogP contribution in [0, 0.1) is 0 Å². The molecule has 22 heavy (non-hydrogen) atoms. The lowest BCUT2D eigenvalue weighted by Crippen LogP contribution is -2.30. The van der Waals surface area contributed by atoms with Crippen LogP contribution in [-0.2, 0) is 0 Å². The molecule has 2 aromatic rings. The highest BCUT2D eigenvalue weighted by molar-refractivity contribution is 5.91. The molecule has 0 saturated carbocycles. The summed E-state index contributed by atoms with van der Waals surface area (Å²) in [7, 11) is 3.78. The van der Waals surface area contributed by atoms with Crippen LogP contribution in [0.15, 0.2) is 29.2 Å². The van der Waals surface area contributed by atoms with Crippen LogP contribution < -0.4 is 9.64 Å². The van der Waals surface area contributed by atoms with E-state index in [1.807, 2.05) is 19.0 Å².